The standard InChI is InChI=1S/C28H35FN6O/c1-7-24(26-31-32-33-35(26)28(5,6)8-2)34(16-20-11-13-22(29)14-12-20)17-21-15-23-18(3)9-10-19(4)25(23)30-27(21)36/h9-15,24H,7-8,16-17H2,1-6H3,(H,30,36). The van der Waals surface area contributed by atoms with Crippen molar-refractivity contribution in [2.24, 2.45) is 0 Å². The SMILES string of the molecule is CCC(c1nnnn1C(C)(C)CC)N(Cc1ccc(F)cc1)Cc1cc2c(C)ccc(C)c2[nH]c1=O. The number of tetrazole rings is 1. The van der Waals surface area contributed by atoms with Crippen molar-refractivity contribution in [2.75, 3.05) is 0 Å². The lowest BCUT2D eigenvalue weighted by atomic mass is 10.0. The van der Waals surface area contributed by atoms with Crippen LogP contribution in [0.1, 0.15) is 74.7 Å². The Bertz CT molecular complexity index is 1410. The van der Waals surface area contributed by atoms with Crippen LogP contribution < -0.4 is 5.56 Å². The summed E-state index contributed by atoms with van der Waals surface area (Å²) in [7, 11) is 0. The van der Waals surface area contributed by atoms with E-state index in [4.69, 9.17) is 0 Å². The third-order valence-corrected chi connectivity index (χ3v) is 7.25. The maximum atomic E-state index is 13.6. The predicted molar refractivity (Wildman–Crippen MR) is 140 cm³/mol. The lowest BCUT2D eigenvalue weighted by Gasteiger charge is -2.33. The van der Waals surface area contributed by atoms with Crippen LogP contribution in [0.25, 0.3) is 10.9 Å². The van der Waals surface area contributed by atoms with Crippen LogP contribution in [0.4, 0.5) is 4.39 Å². The summed E-state index contributed by atoms with van der Waals surface area (Å²) in [6.07, 6.45) is 1.60. The van der Waals surface area contributed by atoms with Gasteiger partial charge in [0, 0.05) is 24.0 Å². The van der Waals surface area contributed by atoms with E-state index in [0.717, 1.165) is 46.3 Å². The van der Waals surface area contributed by atoms with E-state index in [1.54, 1.807) is 12.1 Å². The molecule has 0 aliphatic carbocycles. The summed E-state index contributed by atoms with van der Waals surface area (Å²) in [5.74, 6) is 0.485. The molecular formula is C28H35FN6O. The Labute approximate surface area is 211 Å². The predicted octanol–water partition coefficient (Wildman–Crippen LogP) is 5.57. The van der Waals surface area contributed by atoms with E-state index in [2.05, 4.69) is 66.1 Å². The van der Waals surface area contributed by atoms with Crippen molar-refractivity contribution in [3.05, 3.63) is 86.7 Å². The van der Waals surface area contributed by atoms with E-state index < -0.39 is 0 Å². The van der Waals surface area contributed by atoms with Gasteiger partial charge in [0.1, 0.15) is 5.82 Å². The Morgan fingerprint density at radius 2 is 1.75 bits per heavy atom. The van der Waals surface area contributed by atoms with Crippen LogP contribution in [0.2, 0.25) is 0 Å². The molecule has 36 heavy (non-hydrogen) atoms. The second-order valence-electron chi connectivity index (χ2n) is 10.2. The number of benzene rings is 2. The molecule has 0 saturated heterocycles. The Morgan fingerprint density at radius 3 is 2.42 bits per heavy atom. The molecule has 0 aliphatic rings. The van der Waals surface area contributed by atoms with Gasteiger partial charge in [-0.25, -0.2) is 9.07 Å². The number of nitrogens with one attached hydrogen (secondary N) is 1. The highest BCUT2D eigenvalue weighted by atomic mass is 19.1. The fraction of sp³-hybridized carbons (Fsp3) is 0.429. The third-order valence-electron chi connectivity index (χ3n) is 7.25. The Balaban J connectivity index is 1.80. The number of rotatable bonds is 9. The molecule has 0 fully saturated rings. The topological polar surface area (TPSA) is 79.7 Å². The monoisotopic (exact) mass is 490 g/mol. The largest absolute Gasteiger partial charge is 0.321 e. The summed E-state index contributed by atoms with van der Waals surface area (Å²) in [4.78, 5) is 18.5. The minimum atomic E-state index is -0.275. The maximum Gasteiger partial charge on any atom is 0.252 e. The second kappa shape index (κ2) is 10.3. The molecule has 2 aromatic heterocycles. The van der Waals surface area contributed by atoms with Gasteiger partial charge in [0.25, 0.3) is 5.56 Å². The number of aromatic amines is 1. The summed E-state index contributed by atoms with van der Waals surface area (Å²) in [5.41, 5.74) is 4.27. The van der Waals surface area contributed by atoms with Crippen LogP contribution in [0.5, 0.6) is 0 Å². The van der Waals surface area contributed by atoms with Crippen LogP contribution in [-0.4, -0.2) is 30.1 Å². The molecule has 0 spiro atoms. The van der Waals surface area contributed by atoms with E-state index in [-0.39, 0.29) is 23.0 Å². The van der Waals surface area contributed by atoms with Gasteiger partial charge in [0.05, 0.1) is 17.1 Å². The lowest BCUT2D eigenvalue weighted by Crippen LogP contribution is -2.36. The highest BCUT2D eigenvalue weighted by Gasteiger charge is 2.31. The zero-order chi connectivity index (χ0) is 26.0. The molecule has 1 N–H and O–H groups in total. The molecule has 4 rings (SSSR count). The van der Waals surface area contributed by atoms with E-state index in [0.29, 0.717) is 18.7 Å². The zero-order valence-electron chi connectivity index (χ0n) is 22.0. The lowest BCUT2D eigenvalue weighted by molar-refractivity contribution is 0.150. The molecular weight excluding hydrogens is 455 g/mol. The van der Waals surface area contributed by atoms with Crippen LogP contribution >= 0.6 is 0 Å². The van der Waals surface area contributed by atoms with Gasteiger partial charge in [-0.2, -0.15) is 0 Å². The summed E-state index contributed by atoms with van der Waals surface area (Å²) in [6, 6.07) is 12.5. The van der Waals surface area contributed by atoms with Crippen molar-refractivity contribution >= 4 is 10.9 Å². The van der Waals surface area contributed by atoms with Crippen LogP contribution in [0, 0.1) is 19.7 Å². The van der Waals surface area contributed by atoms with Crippen LogP contribution in [0.15, 0.2) is 47.3 Å². The first kappa shape index (κ1) is 25.7. The number of hydrogen-bond donors (Lipinski definition) is 1. The molecule has 4 aromatic rings. The van der Waals surface area contributed by atoms with Crippen LogP contribution in [0.3, 0.4) is 0 Å². The molecule has 0 aliphatic heterocycles. The van der Waals surface area contributed by atoms with Gasteiger partial charge in [0.15, 0.2) is 5.82 Å². The summed E-state index contributed by atoms with van der Waals surface area (Å²) < 4.78 is 15.5. The van der Waals surface area contributed by atoms with E-state index in [1.807, 2.05) is 23.7 Å². The summed E-state index contributed by atoms with van der Waals surface area (Å²) in [5, 5.41) is 13.8. The summed E-state index contributed by atoms with van der Waals surface area (Å²) >= 11 is 0. The molecule has 2 aromatic carbocycles. The van der Waals surface area contributed by atoms with Crippen molar-refractivity contribution in [3.63, 3.8) is 0 Å². The minimum Gasteiger partial charge on any atom is -0.321 e. The molecule has 190 valence electrons. The average molecular weight is 491 g/mol. The van der Waals surface area contributed by atoms with Crippen molar-refractivity contribution < 1.29 is 4.39 Å². The van der Waals surface area contributed by atoms with Gasteiger partial charge in [0.2, 0.25) is 0 Å². The van der Waals surface area contributed by atoms with Gasteiger partial charge in [-0.1, -0.05) is 38.1 Å². The molecule has 2 heterocycles. The first-order chi connectivity index (χ1) is 17.1. The van der Waals surface area contributed by atoms with Crippen molar-refractivity contribution in [2.45, 2.75) is 79.1 Å². The van der Waals surface area contributed by atoms with Crippen molar-refractivity contribution in [1.29, 1.82) is 0 Å². The number of halogens is 1. The Morgan fingerprint density at radius 1 is 1.06 bits per heavy atom. The fourth-order valence-corrected chi connectivity index (χ4v) is 4.64. The number of H-pyrrole nitrogens is 1. The Kier molecular flexibility index (Phi) is 7.36. The zero-order valence-corrected chi connectivity index (χ0v) is 22.0. The van der Waals surface area contributed by atoms with Crippen molar-refractivity contribution in [3.8, 4) is 0 Å². The first-order valence-corrected chi connectivity index (χ1v) is 12.5. The van der Waals surface area contributed by atoms with Crippen molar-refractivity contribution in [1.82, 2.24) is 30.1 Å². The number of nitrogens with zero attached hydrogens (tertiary/aromatic N) is 5. The molecule has 0 saturated carbocycles. The maximum absolute atomic E-state index is 13.6. The minimum absolute atomic E-state index is 0.108. The highest BCUT2D eigenvalue weighted by molar-refractivity contribution is 5.85. The van der Waals surface area contributed by atoms with Gasteiger partial charge >= 0.3 is 0 Å². The molecule has 0 radical (unpaired) electrons. The molecule has 0 amide bonds. The molecule has 8 heteroatoms. The fourth-order valence-electron chi connectivity index (χ4n) is 4.64. The van der Waals surface area contributed by atoms with Gasteiger partial charge in [-0.15, -0.1) is 5.10 Å². The highest BCUT2D eigenvalue weighted by Crippen LogP contribution is 2.30. The molecule has 1 unspecified atom stereocenters. The smallest absolute Gasteiger partial charge is 0.252 e. The number of aryl methyl sites for hydroxylation is 2. The van der Waals surface area contributed by atoms with Gasteiger partial charge in [-0.05, 0) is 85.9 Å². The molecule has 0 bridgehead atoms. The number of hydrogen-bond acceptors (Lipinski definition) is 5. The number of aromatic nitrogens is 5. The number of fused-ring (bicyclic) bond motifs is 1. The Hall–Kier alpha value is -3.39. The van der Waals surface area contributed by atoms with Gasteiger partial charge < -0.3 is 4.98 Å². The normalized spacial score (nSPS) is 13.0. The van der Waals surface area contributed by atoms with E-state index in [1.165, 1.54) is 12.1 Å². The van der Waals surface area contributed by atoms with Crippen LogP contribution in [-0.2, 0) is 18.6 Å². The first-order valence-electron chi connectivity index (χ1n) is 12.5. The second-order valence-corrected chi connectivity index (χ2v) is 10.2. The number of pyridine rings is 1. The van der Waals surface area contributed by atoms with E-state index in [9.17, 15) is 9.18 Å². The van der Waals surface area contributed by atoms with E-state index >= 15 is 0 Å². The molecule has 1 atom stereocenters. The molecule has 7 nitrogen and oxygen atoms in total. The van der Waals surface area contributed by atoms with Gasteiger partial charge in [-0.3, -0.25) is 9.69 Å². The third kappa shape index (κ3) is 5.09. The average Bonchev–Trinajstić information content (AvgIpc) is 3.35. The quantitative estimate of drug-likeness (QED) is 0.332. The summed E-state index contributed by atoms with van der Waals surface area (Å²) in [6.45, 7) is 13.4.